The monoisotopic (exact) mass is 393 g/mol. The number of para-hydroxylation sites is 1. The van der Waals surface area contributed by atoms with E-state index >= 15 is 0 Å². The molecule has 2 amide bonds. The summed E-state index contributed by atoms with van der Waals surface area (Å²) in [5.74, 6) is 0.628. The summed E-state index contributed by atoms with van der Waals surface area (Å²) < 4.78 is 11.0. The SMILES string of the molecule is O=C(CCN1C(=O)[C@@H]2CCCC[C@H]2C1=O)Oc1ccc(Oc2ccccc2)cc1. The van der Waals surface area contributed by atoms with E-state index in [2.05, 4.69) is 0 Å². The summed E-state index contributed by atoms with van der Waals surface area (Å²) in [7, 11) is 0. The predicted octanol–water partition coefficient (Wildman–Crippen LogP) is 3.95. The fourth-order valence-corrected chi connectivity index (χ4v) is 4.04. The van der Waals surface area contributed by atoms with Gasteiger partial charge in [0.1, 0.15) is 17.2 Å². The Morgan fingerprint density at radius 1 is 0.828 bits per heavy atom. The number of amides is 2. The first kappa shape index (κ1) is 19.2. The summed E-state index contributed by atoms with van der Waals surface area (Å²) in [4.78, 5) is 38.3. The van der Waals surface area contributed by atoms with E-state index in [0.717, 1.165) is 31.4 Å². The zero-order valence-corrected chi connectivity index (χ0v) is 16.1. The molecule has 1 saturated carbocycles. The molecular weight excluding hydrogens is 370 g/mol. The lowest BCUT2D eigenvalue weighted by Gasteiger charge is -2.19. The molecule has 0 aromatic heterocycles. The number of fused-ring (bicyclic) bond motifs is 1. The summed E-state index contributed by atoms with van der Waals surface area (Å²) in [5, 5.41) is 0. The van der Waals surface area contributed by atoms with Gasteiger partial charge in [0.15, 0.2) is 0 Å². The number of hydrogen-bond acceptors (Lipinski definition) is 5. The van der Waals surface area contributed by atoms with Crippen LogP contribution >= 0.6 is 0 Å². The Morgan fingerprint density at radius 3 is 2.00 bits per heavy atom. The third kappa shape index (κ3) is 4.31. The minimum atomic E-state index is -0.475. The second-order valence-electron chi connectivity index (χ2n) is 7.44. The minimum Gasteiger partial charge on any atom is -0.457 e. The first-order valence-electron chi connectivity index (χ1n) is 10.0. The van der Waals surface area contributed by atoms with Crippen LogP contribution in [0.25, 0.3) is 0 Å². The van der Waals surface area contributed by atoms with Gasteiger partial charge in [0, 0.05) is 6.54 Å². The highest BCUT2D eigenvalue weighted by Gasteiger charge is 2.47. The maximum Gasteiger partial charge on any atom is 0.312 e. The molecule has 1 aliphatic carbocycles. The van der Waals surface area contributed by atoms with Gasteiger partial charge in [-0.15, -0.1) is 0 Å². The summed E-state index contributed by atoms with van der Waals surface area (Å²) in [6, 6.07) is 16.1. The highest BCUT2D eigenvalue weighted by Crippen LogP contribution is 2.38. The van der Waals surface area contributed by atoms with Crippen molar-refractivity contribution in [1.29, 1.82) is 0 Å². The van der Waals surface area contributed by atoms with Gasteiger partial charge < -0.3 is 9.47 Å². The van der Waals surface area contributed by atoms with Gasteiger partial charge in [0.05, 0.1) is 18.3 Å². The lowest BCUT2D eigenvalue weighted by molar-refractivity contribution is -0.141. The lowest BCUT2D eigenvalue weighted by Crippen LogP contribution is -2.33. The second kappa shape index (κ2) is 8.47. The van der Waals surface area contributed by atoms with Gasteiger partial charge in [-0.1, -0.05) is 31.0 Å². The van der Waals surface area contributed by atoms with Crippen LogP contribution in [0.2, 0.25) is 0 Å². The van der Waals surface area contributed by atoms with Crippen molar-refractivity contribution < 1.29 is 23.9 Å². The molecule has 0 bridgehead atoms. The normalized spacial score (nSPS) is 21.0. The molecule has 0 unspecified atom stereocenters. The van der Waals surface area contributed by atoms with Crippen LogP contribution in [0, 0.1) is 11.8 Å². The van der Waals surface area contributed by atoms with Gasteiger partial charge in [-0.05, 0) is 49.2 Å². The molecule has 29 heavy (non-hydrogen) atoms. The largest absolute Gasteiger partial charge is 0.457 e. The highest BCUT2D eigenvalue weighted by molar-refractivity contribution is 6.05. The van der Waals surface area contributed by atoms with Crippen LogP contribution in [0.5, 0.6) is 17.2 Å². The highest BCUT2D eigenvalue weighted by atomic mass is 16.5. The molecule has 2 atom stereocenters. The fourth-order valence-electron chi connectivity index (χ4n) is 4.04. The number of hydrogen-bond donors (Lipinski definition) is 0. The van der Waals surface area contributed by atoms with Gasteiger partial charge in [-0.25, -0.2) is 0 Å². The molecule has 1 aliphatic heterocycles. The number of imide groups is 1. The van der Waals surface area contributed by atoms with Crippen molar-refractivity contribution in [2.24, 2.45) is 11.8 Å². The van der Waals surface area contributed by atoms with Gasteiger partial charge >= 0.3 is 5.97 Å². The number of carbonyl (C=O) groups is 3. The molecule has 150 valence electrons. The molecule has 1 saturated heterocycles. The number of esters is 1. The molecule has 0 spiro atoms. The van der Waals surface area contributed by atoms with E-state index in [4.69, 9.17) is 9.47 Å². The zero-order chi connectivity index (χ0) is 20.2. The van der Waals surface area contributed by atoms with Crippen molar-refractivity contribution in [2.75, 3.05) is 6.54 Å². The topological polar surface area (TPSA) is 72.9 Å². The molecule has 6 nitrogen and oxygen atoms in total. The Morgan fingerprint density at radius 2 is 1.38 bits per heavy atom. The predicted molar refractivity (Wildman–Crippen MR) is 105 cm³/mol. The first-order chi connectivity index (χ1) is 14.1. The van der Waals surface area contributed by atoms with Crippen LogP contribution in [0.1, 0.15) is 32.1 Å². The van der Waals surface area contributed by atoms with Gasteiger partial charge in [0.25, 0.3) is 0 Å². The van der Waals surface area contributed by atoms with E-state index in [0.29, 0.717) is 11.5 Å². The average molecular weight is 393 g/mol. The number of nitrogens with zero attached hydrogens (tertiary/aromatic N) is 1. The molecule has 2 aromatic carbocycles. The molecule has 2 aliphatic rings. The standard InChI is InChI=1S/C23H23NO5/c25-21(14-15-24-22(26)19-8-4-5-9-20(19)23(24)27)29-18-12-10-17(11-13-18)28-16-6-2-1-3-7-16/h1-3,6-7,10-13,19-20H,4-5,8-9,14-15H2/t19-,20-/m1/s1. The van der Waals surface area contributed by atoms with Crippen LogP contribution in [-0.2, 0) is 14.4 Å². The Kier molecular flexibility index (Phi) is 5.60. The van der Waals surface area contributed by atoms with Gasteiger partial charge in [-0.3, -0.25) is 19.3 Å². The first-order valence-corrected chi connectivity index (χ1v) is 10.0. The van der Waals surface area contributed by atoms with Crippen LogP contribution in [-0.4, -0.2) is 29.2 Å². The van der Waals surface area contributed by atoms with Crippen molar-refractivity contribution >= 4 is 17.8 Å². The quantitative estimate of drug-likeness (QED) is 0.422. The molecule has 4 rings (SSSR count). The lowest BCUT2D eigenvalue weighted by atomic mass is 9.81. The maximum atomic E-state index is 12.4. The minimum absolute atomic E-state index is 0.0147. The Labute approximate surface area is 169 Å². The van der Waals surface area contributed by atoms with Crippen molar-refractivity contribution in [3.8, 4) is 17.2 Å². The van der Waals surface area contributed by atoms with E-state index in [-0.39, 0.29) is 36.6 Å². The Balaban J connectivity index is 1.28. The van der Waals surface area contributed by atoms with Crippen LogP contribution < -0.4 is 9.47 Å². The van der Waals surface area contributed by atoms with Gasteiger partial charge in [-0.2, -0.15) is 0 Å². The van der Waals surface area contributed by atoms with Crippen LogP contribution in [0.4, 0.5) is 0 Å². The smallest absolute Gasteiger partial charge is 0.312 e. The maximum absolute atomic E-state index is 12.4. The number of likely N-dealkylation sites (tertiary alicyclic amines) is 1. The molecule has 6 heteroatoms. The number of benzene rings is 2. The summed E-state index contributed by atoms with van der Waals surface area (Å²) in [5.41, 5.74) is 0. The molecule has 0 N–H and O–H groups in total. The van der Waals surface area contributed by atoms with Crippen molar-refractivity contribution in [1.82, 2.24) is 4.90 Å². The van der Waals surface area contributed by atoms with Crippen molar-refractivity contribution in [2.45, 2.75) is 32.1 Å². The number of ether oxygens (including phenoxy) is 2. The van der Waals surface area contributed by atoms with Gasteiger partial charge in [0.2, 0.25) is 11.8 Å². The van der Waals surface area contributed by atoms with Crippen molar-refractivity contribution in [3.63, 3.8) is 0 Å². The summed E-state index contributed by atoms with van der Waals surface area (Å²) in [6.07, 6.45) is 3.50. The number of rotatable bonds is 6. The summed E-state index contributed by atoms with van der Waals surface area (Å²) >= 11 is 0. The molecule has 2 aromatic rings. The van der Waals surface area contributed by atoms with E-state index in [1.165, 1.54) is 4.90 Å². The Bertz CT molecular complexity index is 869. The van der Waals surface area contributed by atoms with Crippen LogP contribution in [0.3, 0.4) is 0 Å². The molecule has 0 radical (unpaired) electrons. The second-order valence-corrected chi connectivity index (χ2v) is 7.44. The molecule has 2 fully saturated rings. The van der Waals surface area contributed by atoms with Crippen molar-refractivity contribution in [3.05, 3.63) is 54.6 Å². The fraction of sp³-hybridized carbons (Fsp3) is 0.348. The Hall–Kier alpha value is -3.15. The van der Waals surface area contributed by atoms with E-state index in [9.17, 15) is 14.4 Å². The van der Waals surface area contributed by atoms with E-state index in [1.807, 2.05) is 30.3 Å². The molecule has 1 heterocycles. The van der Waals surface area contributed by atoms with Crippen LogP contribution in [0.15, 0.2) is 54.6 Å². The van der Waals surface area contributed by atoms with E-state index in [1.54, 1.807) is 24.3 Å². The van der Waals surface area contributed by atoms with E-state index < -0.39 is 5.97 Å². The molecular formula is C23H23NO5. The third-order valence-corrected chi connectivity index (χ3v) is 5.51. The average Bonchev–Trinajstić information content (AvgIpc) is 2.99. The number of carbonyl (C=O) groups excluding carboxylic acids is 3. The zero-order valence-electron chi connectivity index (χ0n) is 16.1. The summed E-state index contributed by atoms with van der Waals surface area (Å²) in [6.45, 7) is 0.0820. The third-order valence-electron chi connectivity index (χ3n) is 5.51.